The van der Waals surface area contributed by atoms with Gasteiger partial charge in [0.2, 0.25) is 0 Å². The van der Waals surface area contributed by atoms with Crippen LogP contribution >= 0.6 is 0 Å². The van der Waals surface area contributed by atoms with Crippen molar-refractivity contribution < 1.29 is 4.74 Å². The molecule has 0 amide bonds. The number of hydrogen-bond acceptors (Lipinski definition) is 2. The number of benzene rings is 2. The van der Waals surface area contributed by atoms with Gasteiger partial charge in [-0.1, -0.05) is 13.0 Å². The van der Waals surface area contributed by atoms with Crippen molar-refractivity contribution in [2.75, 3.05) is 19.1 Å². The SMILES string of the molecule is COc1ccc(N(C)c2cc(C)cc3c2CC(C)C3)cc1. The number of fused-ring (bicyclic) bond motifs is 1. The minimum Gasteiger partial charge on any atom is -0.497 e. The molecule has 0 saturated heterocycles. The first-order valence-electron chi connectivity index (χ1n) is 7.58. The Labute approximate surface area is 127 Å². The summed E-state index contributed by atoms with van der Waals surface area (Å²) in [6.07, 6.45) is 2.39. The fourth-order valence-electron chi connectivity index (χ4n) is 3.33. The molecule has 3 rings (SSSR count). The van der Waals surface area contributed by atoms with Crippen molar-refractivity contribution >= 4 is 11.4 Å². The van der Waals surface area contributed by atoms with Gasteiger partial charge in [-0.15, -0.1) is 0 Å². The molecule has 0 spiro atoms. The van der Waals surface area contributed by atoms with E-state index in [1.807, 2.05) is 12.1 Å². The van der Waals surface area contributed by atoms with Crippen LogP contribution in [0.15, 0.2) is 36.4 Å². The fourth-order valence-corrected chi connectivity index (χ4v) is 3.33. The molecule has 0 N–H and O–H groups in total. The lowest BCUT2D eigenvalue weighted by molar-refractivity contribution is 0.415. The summed E-state index contributed by atoms with van der Waals surface area (Å²) in [4.78, 5) is 2.29. The molecule has 2 nitrogen and oxygen atoms in total. The van der Waals surface area contributed by atoms with E-state index in [0.717, 1.165) is 11.7 Å². The highest BCUT2D eigenvalue weighted by atomic mass is 16.5. The van der Waals surface area contributed by atoms with Gasteiger partial charge in [-0.2, -0.15) is 0 Å². The molecule has 2 aromatic rings. The topological polar surface area (TPSA) is 12.5 Å². The number of aryl methyl sites for hydroxylation is 1. The maximum Gasteiger partial charge on any atom is 0.119 e. The molecule has 1 atom stereocenters. The van der Waals surface area contributed by atoms with Gasteiger partial charge in [0.05, 0.1) is 7.11 Å². The quantitative estimate of drug-likeness (QED) is 0.821. The van der Waals surface area contributed by atoms with Crippen molar-refractivity contribution in [2.45, 2.75) is 26.7 Å². The Kier molecular flexibility index (Phi) is 3.62. The normalized spacial score (nSPS) is 16.7. The van der Waals surface area contributed by atoms with Crippen LogP contribution in [0.25, 0.3) is 0 Å². The van der Waals surface area contributed by atoms with Crippen LogP contribution in [0.4, 0.5) is 11.4 Å². The van der Waals surface area contributed by atoms with Crippen molar-refractivity contribution in [3.63, 3.8) is 0 Å². The largest absolute Gasteiger partial charge is 0.497 e. The van der Waals surface area contributed by atoms with Crippen molar-refractivity contribution in [2.24, 2.45) is 5.92 Å². The number of hydrogen-bond donors (Lipinski definition) is 0. The maximum absolute atomic E-state index is 5.24. The van der Waals surface area contributed by atoms with Crippen LogP contribution in [0.1, 0.15) is 23.6 Å². The van der Waals surface area contributed by atoms with Crippen molar-refractivity contribution in [1.82, 2.24) is 0 Å². The summed E-state index contributed by atoms with van der Waals surface area (Å²) in [7, 11) is 3.85. The van der Waals surface area contributed by atoms with E-state index in [2.05, 4.69) is 50.1 Å². The number of nitrogens with zero attached hydrogens (tertiary/aromatic N) is 1. The highest BCUT2D eigenvalue weighted by Crippen LogP contribution is 2.37. The molecular formula is C19H23NO. The molecule has 2 aromatic carbocycles. The summed E-state index contributed by atoms with van der Waals surface area (Å²) in [6.45, 7) is 4.53. The van der Waals surface area contributed by atoms with Gasteiger partial charge in [0, 0.05) is 18.4 Å². The van der Waals surface area contributed by atoms with Crippen LogP contribution in [0.2, 0.25) is 0 Å². The van der Waals surface area contributed by atoms with Crippen molar-refractivity contribution in [3.8, 4) is 5.75 Å². The molecule has 0 radical (unpaired) electrons. The molecule has 0 bridgehead atoms. The van der Waals surface area contributed by atoms with Crippen LogP contribution < -0.4 is 9.64 Å². The van der Waals surface area contributed by atoms with E-state index in [1.54, 1.807) is 7.11 Å². The fraction of sp³-hybridized carbons (Fsp3) is 0.368. The van der Waals surface area contributed by atoms with Crippen LogP contribution in [0.3, 0.4) is 0 Å². The predicted molar refractivity (Wildman–Crippen MR) is 88.8 cm³/mol. The Balaban J connectivity index is 1.99. The molecule has 0 saturated carbocycles. The molecule has 1 aliphatic rings. The second-order valence-corrected chi connectivity index (χ2v) is 6.19. The molecule has 0 aliphatic heterocycles. The Morgan fingerprint density at radius 1 is 1.10 bits per heavy atom. The minimum atomic E-state index is 0.754. The molecule has 0 aromatic heterocycles. The third kappa shape index (κ3) is 2.63. The summed E-state index contributed by atoms with van der Waals surface area (Å²) in [6, 6.07) is 12.9. The van der Waals surface area contributed by atoms with E-state index in [9.17, 15) is 0 Å². The van der Waals surface area contributed by atoms with Gasteiger partial charge in [0.15, 0.2) is 0 Å². The lowest BCUT2D eigenvalue weighted by Crippen LogP contribution is -2.12. The first kappa shape index (κ1) is 14.0. The van der Waals surface area contributed by atoms with E-state index in [1.165, 1.54) is 40.9 Å². The van der Waals surface area contributed by atoms with Gasteiger partial charge in [-0.3, -0.25) is 0 Å². The smallest absolute Gasteiger partial charge is 0.119 e. The molecule has 21 heavy (non-hydrogen) atoms. The Morgan fingerprint density at radius 2 is 1.81 bits per heavy atom. The number of rotatable bonds is 3. The maximum atomic E-state index is 5.24. The average molecular weight is 281 g/mol. The Bertz CT molecular complexity index is 645. The minimum absolute atomic E-state index is 0.754. The molecule has 1 unspecified atom stereocenters. The number of methoxy groups -OCH3 is 1. The van der Waals surface area contributed by atoms with Gasteiger partial charge in [0.25, 0.3) is 0 Å². The highest BCUT2D eigenvalue weighted by Gasteiger charge is 2.23. The van der Waals surface area contributed by atoms with Crippen LogP contribution in [-0.4, -0.2) is 14.2 Å². The molecule has 110 valence electrons. The van der Waals surface area contributed by atoms with E-state index >= 15 is 0 Å². The third-order valence-electron chi connectivity index (χ3n) is 4.41. The lowest BCUT2D eigenvalue weighted by Gasteiger charge is -2.23. The lowest BCUT2D eigenvalue weighted by atomic mass is 10.0. The Hall–Kier alpha value is -1.96. The van der Waals surface area contributed by atoms with Crippen molar-refractivity contribution in [1.29, 1.82) is 0 Å². The molecule has 0 heterocycles. The summed E-state index contributed by atoms with van der Waals surface area (Å²) in [5, 5.41) is 0. The highest BCUT2D eigenvalue weighted by molar-refractivity contribution is 5.69. The average Bonchev–Trinajstić information content (AvgIpc) is 2.85. The molecular weight excluding hydrogens is 258 g/mol. The number of ether oxygens (including phenoxy) is 1. The predicted octanol–water partition coefficient (Wildman–Crippen LogP) is 4.51. The van der Waals surface area contributed by atoms with Gasteiger partial charge < -0.3 is 9.64 Å². The molecule has 2 heteroatoms. The van der Waals surface area contributed by atoms with E-state index in [-0.39, 0.29) is 0 Å². The summed E-state index contributed by atoms with van der Waals surface area (Å²) in [5.41, 5.74) is 6.94. The van der Waals surface area contributed by atoms with Gasteiger partial charge in [0.1, 0.15) is 5.75 Å². The second kappa shape index (κ2) is 5.44. The van der Waals surface area contributed by atoms with E-state index in [4.69, 9.17) is 4.74 Å². The Morgan fingerprint density at radius 3 is 2.48 bits per heavy atom. The zero-order chi connectivity index (χ0) is 15.0. The summed E-state index contributed by atoms with van der Waals surface area (Å²) < 4.78 is 5.24. The number of anilines is 2. The molecule has 1 aliphatic carbocycles. The van der Waals surface area contributed by atoms with Crippen LogP contribution in [-0.2, 0) is 12.8 Å². The van der Waals surface area contributed by atoms with Gasteiger partial charge in [-0.05, 0) is 72.7 Å². The van der Waals surface area contributed by atoms with Crippen LogP contribution in [0.5, 0.6) is 5.75 Å². The standard InChI is InChI=1S/C19H23NO/c1-13-9-15-10-14(2)12-19(18(15)11-13)20(3)16-5-7-17(21-4)8-6-16/h5-8,10,12-13H,9,11H2,1-4H3. The summed E-state index contributed by atoms with van der Waals surface area (Å²) in [5.74, 6) is 1.65. The summed E-state index contributed by atoms with van der Waals surface area (Å²) >= 11 is 0. The van der Waals surface area contributed by atoms with Gasteiger partial charge >= 0.3 is 0 Å². The zero-order valence-electron chi connectivity index (χ0n) is 13.3. The zero-order valence-corrected chi connectivity index (χ0v) is 13.3. The first-order chi connectivity index (χ1) is 10.1. The van der Waals surface area contributed by atoms with Crippen LogP contribution in [0, 0.1) is 12.8 Å². The van der Waals surface area contributed by atoms with E-state index in [0.29, 0.717) is 0 Å². The third-order valence-corrected chi connectivity index (χ3v) is 4.41. The second-order valence-electron chi connectivity index (χ2n) is 6.19. The molecule has 0 fully saturated rings. The van der Waals surface area contributed by atoms with Crippen molar-refractivity contribution in [3.05, 3.63) is 53.1 Å². The van der Waals surface area contributed by atoms with Gasteiger partial charge in [-0.25, -0.2) is 0 Å². The van der Waals surface area contributed by atoms with E-state index < -0.39 is 0 Å². The monoisotopic (exact) mass is 281 g/mol. The first-order valence-corrected chi connectivity index (χ1v) is 7.58.